The topological polar surface area (TPSA) is 78.5 Å². The van der Waals surface area contributed by atoms with Crippen LogP contribution in [0.4, 0.5) is 0 Å². The Kier molecular flexibility index (Phi) is 5.16. The van der Waals surface area contributed by atoms with Crippen molar-refractivity contribution in [3.8, 4) is 0 Å². The van der Waals surface area contributed by atoms with Gasteiger partial charge in [-0.2, -0.15) is 0 Å². The standard InChI is InChI=1S/C23H28N4O3/c1-26-11-8-19-18(14-26)22(28)25-21(24-19)16-6-4-10-27(13-16)23(29)20-17-7-3-2-5-15(17)9-12-30-20/h2-3,5,7,16,20H,4,6,8-14H2,1H3,(H,24,25,28). The molecule has 2 aromatic rings. The summed E-state index contributed by atoms with van der Waals surface area (Å²) in [5.74, 6) is 0.804. The summed E-state index contributed by atoms with van der Waals surface area (Å²) in [6.45, 7) is 3.42. The summed E-state index contributed by atoms with van der Waals surface area (Å²) in [4.78, 5) is 37.9. The number of aromatic nitrogens is 2. The molecule has 0 aliphatic carbocycles. The largest absolute Gasteiger partial charge is 0.363 e. The maximum Gasteiger partial charge on any atom is 0.256 e. The Morgan fingerprint density at radius 3 is 3.00 bits per heavy atom. The number of nitrogens with one attached hydrogen (secondary N) is 1. The van der Waals surface area contributed by atoms with E-state index in [2.05, 4.69) is 16.0 Å². The van der Waals surface area contributed by atoms with Gasteiger partial charge in [0, 0.05) is 38.5 Å². The number of rotatable bonds is 2. The molecule has 7 nitrogen and oxygen atoms in total. The van der Waals surface area contributed by atoms with E-state index in [1.165, 1.54) is 5.56 Å². The minimum absolute atomic E-state index is 0.0220. The zero-order valence-corrected chi connectivity index (χ0v) is 17.4. The van der Waals surface area contributed by atoms with Crippen LogP contribution in [0.5, 0.6) is 0 Å². The van der Waals surface area contributed by atoms with Crippen molar-refractivity contribution in [3.05, 3.63) is 62.8 Å². The molecule has 0 saturated carbocycles. The third-order valence-corrected chi connectivity index (χ3v) is 6.62. The highest BCUT2D eigenvalue weighted by Crippen LogP contribution is 2.32. The number of amides is 1. The number of likely N-dealkylation sites (N-methyl/N-ethyl adjacent to an activating group) is 1. The Labute approximate surface area is 176 Å². The van der Waals surface area contributed by atoms with Crippen LogP contribution in [0.2, 0.25) is 0 Å². The summed E-state index contributed by atoms with van der Waals surface area (Å²) in [7, 11) is 2.02. The first-order chi connectivity index (χ1) is 14.6. The smallest absolute Gasteiger partial charge is 0.256 e. The molecule has 0 spiro atoms. The molecule has 7 heteroatoms. The number of benzene rings is 1. The van der Waals surface area contributed by atoms with Crippen LogP contribution in [0.15, 0.2) is 29.1 Å². The molecule has 5 rings (SSSR count). The van der Waals surface area contributed by atoms with Gasteiger partial charge in [0.15, 0.2) is 6.10 Å². The van der Waals surface area contributed by atoms with Gasteiger partial charge in [-0.25, -0.2) is 4.98 Å². The number of fused-ring (bicyclic) bond motifs is 2. The van der Waals surface area contributed by atoms with Crippen molar-refractivity contribution < 1.29 is 9.53 Å². The Hall–Kier alpha value is -2.51. The number of hydrogen-bond donors (Lipinski definition) is 1. The maximum atomic E-state index is 13.3. The van der Waals surface area contributed by atoms with E-state index in [9.17, 15) is 9.59 Å². The third-order valence-electron chi connectivity index (χ3n) is 6.62. The number of piperidine rings is 1. The number of nitrogens with zero attached hydrogens (tertiary/aromatic N) is 3. The molecule has 3 aliphatic rings. The van der Waals surface area contributed by atoms with Gasteiger partial charge in [-0.1, -0.05) is 24.3 Å². The number of H-pyrrole nitrogens is 1. The van der Waals surface area contributed by atoms with Crippen LogP contribution in [0.25, 0.3) is 0 Å². The molecular weight excluding hydrogens is 380 g/mol. The molecule has 1 aromatic heterocycles. The molecule has 0 bridgehead atoms. The van der Waals surface area contributed by atoms with Gasteiger partial charge in [-0.15, -0.1) is 0 Å². The fraction of sp³-hybridized carbons (Fsp3) is 0.522. The zero-order chi connectivity index (χ0) is 20.7. The van der Waals surface area contributed by atoms with E-state index in [0.717, 1.165) is 61.4 Å². The first kappa shape index (κ1) is 19.5. The van der Waals surface area contributed by atoms with E-state index >= 15 is 0 Å². The SMILES string of the molecule is CN1CCc2nc(C3CCCN(C(=O)C4OCCc5ccccc54)C3)[nH]c(=O)c2C1. The van der Waals surface area contributed by atoms with E-state index in [0.29, 0.717) is 19.7 Å². The highest BCUT2D eigenvalue weighted by molar-refractivity contribution is 5.83. The highest BCUT2D eigenvalue weighted by atomic mass is 16.5. The molecule has 3 aliphatic heterocycles. The second kappa shape index (κ2) is 7.96. The lowest BCUT2D eigenvalue weighted by Gasteiger charge is -2.36. The van der Waals surface area contributed by atoms with Gasteiger partial charge in [0.2, 0.25) is 0 Å². The maximum absolute atomic E-state index is 13.3. The Bertz CT molecular complexity index is 1020. The summed E-state index contributed by atoms with van der Waals surface area (Å²) >= 11 is 0. The van der Waals surface area contributed by atoms with Gasteiger partial charge >= 0.3 is 0 Å². The molecule has 2 atom stereocenters. The Balaban J connectivity index is 1.36. The quantitative estimate of drug-likeness (QED) is 0.820. The Morgan fingerprint density at radius 2 is 2.10 bits per heavy atom. The molecule has 30 heavy (non-hydrogen) atoms. The molecule has 1 fully saturated rings. The minimum Gasteiger partial charge on any atom is -0.363 e. The lowest BCUT2D eigenvalue weighted by molar-refractivity contribution is -0.146. The first-order valence-corrected chi connectivity index (χ1v) is 10.9. The van der Waals surface area contributed by atoms with Crippen LogP contribution in [0.1, 0.15) is 53.1 Å². The van der Waals surface area contributed by atoms with Gasteiger partial charge in [0.05, 0.1) is 17.9 Å². The number of hydrogen-bond acceptors (Lipinski definition) is 5. The van der Waals surface area contributed by atoms with E-state index in [1.807, 2.05) is 30.1 Å². The Morgan fingerprint density at radius 1 is 1.23 bits per heavy atom. The molecule has 0 radical (unpaired) electrons. The van der Waals surface area contributed by atoms with Gasteiger partial charge in [0.25, 0.3) is 11.5 Å². The number of carbonyl (C=O) groups excluding carboxylic acids is 1. The second-order valence-corrected chi connectivity index (χ2v) is 8.69. The van der Waals surface area contributed by atoms with Gasteiger partial charge < -0.3 is 19.5 Å². The van der Waals surface area contributed by atoms with Crippen molar-refractivity contribution in [1.29, 1.82) is 0 Å². The molecule has 158 valence electrons. The minimum atomic E-state index is -0.528. The fourth-order valence-electron chi connectivity index (χ4n) is 4.94. The first-order valence-electron chi connectivity index (χ1n) is 10.9. The van der Waals surface area contributed by atoms with Crippen LogP contribution >= 0.6 is 0 Å². The molecule has 1 amide bonds. The van der Waals surface area contributed by atoms with Crippen LogP contribution in [0.3, 0.4) is 0 Å². The van der Waals surface area contributed by atoms with E-state index in [4.69, 9.17) is 9.72 Å². The normalized spacial score (nSPS) is 24.2. The molecule has 1 N–H and O–H groups in total. The average Bonchev–Trinajstić information content (AvgIpc) is 2.78. The average molecular weight is 409 g/mol. The van der Waals surface area contributed by atoms with Crippen molar-refractivity contribution in [1.82, 2.24) is 19.8 Å². The molecule has 1 saturated heterocycles. The zero-order valence-electron chi connectivity index (χ0n) is 17.4. The molecule has 4 heterocycles. The fourth-order valence-corrected chi connectivity index (χ4v) is 4.94. The van der Waals surface area contributed by atoms with Crippen LogP contribution in [0, 0.1) is 0 Å². The molecule has 2 unspecified atom stereocenters. The lowest BCUT2D eigenvalue weighted by Crippen LogP contribution is -2.44. The summed E-state index contributed by atoms with van der Waals surface area (Å²) in [5, 5.41) is 0. The van der Waals surface area contributed by atoms with Gasteiger partial charge in [-0.3, -0.25) is 9.59 Å². The molecular formula is C23H28N4O3. The van der Waals surface area contributed by atoms with Crippen molar-refractivity contribution in [2.45, 2.75) is 44.2 Å². The predicted octanol–water partition coefficient (Wildman–Crippen LogP) is 1.78. The van der Waals surface area contributed by atoms with Crippen molar-refractivity contribution in [2.75, 3.05) is 33.3 Å². The third kappa shape index (κ3) is 3.56. The summed E-state index contributed by atoms with van der Waals surface area (Å²) < 4.78 is 5.89. The summed E-state index contributed by atoms with van der Waals surface area (Å²) in [6.07, 6.45) is 2.94. The van der Waals surface area contributed by atoms with E-state index in [-0.39, 0.29) is 17.4 Å². The van der Waals surface area contributed by atoms with Crippen LogP contribution in [-0.4, -0.2) is 59.0 Å². The van der Waals surface area contributed by atoms with Crippen molar-refractivity contribution >= 4 is 5.91 Å². The van der Waals surface area contributed by atoms with Crippen molar-refractivity contribution in [2.24, 2.45) is 0 Å². The second-order valence-electron chi connectivity index (χ2n) is 8.69. The number of ether oxygens (including phenoxy) is 1. The van der Waals surface area contributed by atoms with Crippen molar-refractivity contribution in [3.63, 3.8) is 0 Å². The van der Waals surface area contributed by atoms with Gasteiger partial charge in [-0.05, 0) is 37.4 Å². The summed E-state index contributed by atoms with van der Waals surface area (Å²) in [5.41, 5.74) is 3.85. The lowest BCUT2D eigenvalue weighted by atomic mass is 9.93. The number of carbonyl (C=O) groups is 1. The number of aromatic amines is 1. The van der Waals surface area contributed by atoms with Crippen LogP contribution < -0.4 is 5.56 Å². The van der Waals surface area contributed by atoms with E-state index < -0.39 is 6.10 Å². The summed E-state index contributed by atoms with van der Waals surface area (Å²) in [6, 6.07) is 8.05. The monoisotopic (exact) mass is 408 g/mol. The number of likely N-dealkylation sites (tertiary alicyclic amines) is 1. The van der Waals surface area contributed by atoms with E-state index in [1.54, 1.807) is 0 Å². The molecule has 1 aromatic carbocycles. The predicted molar refractivity (Wildman–Crippen MR) is 112 cm³/mol. The highest BCUT2D eigenvalue weighted by Gasteiger charge is 2.34. The van der Waals surface area contributed by atoms with Crippen LogP contribution in [-0.2, 0) is 28.9 Å². The van der Waals surface area contributed by atoms with Gasteiger partial charge in [0.1, 0.15) is 5.82 Å².